The van der Waals surface area contributed by atoms with Gasteiger partial charge in [0.05, 0.1) is 38.0 Å². The first kappa shape index (κ1) is 18.9. The first-order chi connectivity index (χ1) is 14.2. The highest BCUT2D eigenvalue weighted by molar-refractivity contribution is 5.93. The van der Waals surface area contributed by atoms with Crippen molar-refractivity contribution in [2.24, 2.45) is 0 Å². The highest BCUT2D eigenvalue weighted by atomic mass is 16.5. The number of morpholine rings is 1. The van der Waals surface area contributed by atoms with Crippen molar-refractivity contribution in [1.29, 1.82) is 0 Å². The van der Waals surface area contributed by atoms with Gasteiger partial charge in [0.25, 0.3) is 11.5 Å². The van der Waals surface area contributed by atoms with Crippen LogP contribution in [-0.2, 0) is 11.3 Å². The molecule has 1 saturated heterocycles. The summed E-state index contributed by atoms with van der Waals surface area (Å²) in [6.45, 7) is 2.60. The number of hydroxylamine groups is 1. The molecule has 4 rings (SSSR count). The van der Waals surface area contributed by atoms with Gasteiger partial charge in [0.1, 0.15) is 0 Å². The van der Waals surface area contributed by atoms with E-state index in [4.69, 9.17) is 14.4 Å². The number of ether oxygens (including phenoxy) is 1. The Hall–Kier alpha value is -3.43. The molecule has 1 aromatic carbocycles. The van der Waals surface area contributed by atoms with Gasteiger partial charge in [0.2, 0.25) is 0 Å². The number of benzene rings is 1. The fourth-order valence-corrected chi connectivity index (χ4v) is 3.20. The fraction of sp³-hybridized carbons (Fsp3) is 0.250. The van der Waals surface area contributed by atoms with Crippen LogP contribution in [0.25, 0.3) is 11.3 Å². The predicted octanol–water partition coefficient (Wildman–Crippen LogP) is 1.51. The first-order valence-corrected chi connectivity index (χ1v) is 9.16. The molecule has 0 saturated carbocycles. The normalized spacial score (nSPS) is 14.0. The summed E-state index contributed by atoms with van der Waals surface area (Å²) < 4.78 is 12.2. The van der Waals surface area contributed by atoms with Gasteiger partial charge in [-0.15, -0.1) is 0 Å². The quantitative estimate of drug-likeness (QED) is 0.497. The van der Waals surface area contributed by atoms with Gasteiger partial charge in [0, 0.05) is 30.4 Å². The van der Waals surface area contributed by atoms with E-state index in [0.29, 0.717) is 49.9 Å². The zero-order valence-corrected chi connectivity index (χ0v) is 15.6. The predicted molar refractivity (Wildman–Crippen MR) is 104 cm³/mol. The molecule has 1 amide bonds. The number of nitrogens with zero attached hydrogens (tertiary/aromatic N) is 3. The molecule has 1 fully saturated rings. The van der Waals surface area contributed by atoms with E-state index in [0.717, 1.165) is 11.1 Å². The molecule has 0 aliphatic carbocycles. The highest BCUT2D eigenvalue weighted by Crippen LogP contribution is 2.20. The van der Waals surface area contributed by atoms with Crippen molar-refractivity contribution in [2.45, 2.75) is 6.54 Å². The summed E-state index contributed by atoms with van der Waals surface area (Å²) in [5.41, 5.74) is 3.98. The van der Waals surface area contributed by atoms with Gasteiger partial charge in [0.15, 0.2) is 5.82 Å². The number of hydrogen-bond acceptors (Lipinski definition) is 7. The summed E-state index contributed by atoms with van der Waals surface area (Å²) in [5, 5.41) is 8.73. The number of anilines is 1. The smallest absolute Gasteiger partial charge is 0.293 e. The van der Waals surface area contributed by atoms with Gasteiger partial charge in [-0.1, -0.05) is 12.1 Å². The Morgan fingerprint density at radius 1 is 1.17 bits per heavy atom. The fourth-order valence-electron chi connectivity index (χ4n) is 3.20. The molecule has 150 valence electrons. The lowest BCUT2D eigenvalue weighted by Crippen LogP contribution is -2.41. The van der Waals surface area contributed by atoms with E-state index < -0.39 is 5.91 Å². The average molecular weight is 396 g/mol. The summed E-state index contributed by atoms with van der Waals surface area (Å²) >= 11 is 0. The van der Waals surface area contributed by atoms with Crippen LogP contribution in [0.4, 0.5) is 5.82 Å². The lowest BCUT2D eigenvalue weighted by atomic mass is 10.1. The van der Waals surface area contributed by atoms with Gasteiger partial charge in [-0.05, 0) is 23.8 Å². The molecule has 0 unspecified atom stereocenters. The Morgan fingerprint density at radius 2 is 1.93 bits per heavy atom. The van der Waals surface area contributed by atoms with Gasteiger partial charge in [-0.2, -0.15) is 0 Å². The van der Waals surface area contributed by atoms with E-state index in [2.05, 4.69) is 4.98 Å². The van der Waals surface area contributed by atoms with Crippen molar-refractivity contribution < 1.29 is 19.2 Å². The molecule has 9 heteroatoms. The molecule has 29 heavy (non-hydrogen) atoms. The number of hydrogen-bond donors (Lipinski definition) is 2. The van der Waals surface area contributed by atoms with Crippen molar-refractivity contribution in [3.8, 4) is 11.3 Å². The molecular formula is C20H20N4O5. The highest BCUT2D eigenvalue weighted by Gasteiger charge is 2.19. The van der Waals surface area contributed by atoms with Crippen molar-refractivity contribution in [3.63, 3.8) is 0 Å². The Bertz CT molecular complexity index is 1040. The van der Waals surface area contributed by atoms with Crippen LogP contribution in [0.1, 0.15) is 15.9 Å². The lowest BCUT2D eigenvalue weighted by Gasteiger charge is -2.28. The Morgan fingerprint density at radius 3 is 2.59 bits per heavy atom. The van der Waals surface area contributed by atoms with E-state index >= 15 is 0 Å². The third-order valence-electron chi connectivity index (χ3n) is 4.75. The van der Waals surface area contributed by atoms with E-state index in [1.165, 1.54) is 0 Å². The Kier molecular flexibility index (Phi) is 5.41. The maximum Gasteiger partial charge on any atom is 0.293 e. The SMILES string of the molecule is O=C(NO)c1ccc(Cn2cc(-c3ccoc3)nc(N3CCOCC3)c2=O)cc1. The third-order valence-corrected chi connectivity index (χ3v) is 4.75. The number of amides is 1. The minimum Gasteiger partial charge on any atom is -0.472 e. The number of carbonyl (C=O) groups excluding carboxylic acids is 1. The van der Waals surface area contributed by atoms with Crippen molar-refractivity contribution in [3.05, 3.63) is 70.5 Å². The second-order valence-corrected chi connectivity index (χ2v) is 6.63. The second-order valence-electron chi connectivity index (χ2n) is 6.63. The molecule has 0 atom stereocenters. The van der Waals surface area contributed by atoms with Crippen LogP contribution in [0.5, 0.6) is 0 Å². The standard InChI is InChI=1S/C20H20N4O5/c25-19(22-27)15-3-1-14(2-4-15)11-24-12-17(16-5-8-29-13-16)21-18(20(24)26)23-6-9-28-10-7-23/h1-5,8,12-13,27H,6-7,9-11H2,(H,22,25). The number of aromatic nitrogens is 2. The molecule has 0 spiro atoms. The minimum absolute atomic E-state index is 0.198. The van der Waals surface area contributed by atoms with Crippen LogP contribution in [0, 0.1) is 0 Å². The summed E-state index contributed by atoms with van der Waals surface area (Å²) in [7, 11) is 0. The maximum absolute atomic E-state index is 13.1. The van der Waals surface area contributed by atoms with Crippen LogP contribution in [0.2, 0.25) is 0 Å². The first-order valence-electron chi connectivity index (χ1n) is 9.16. The Labute approximate surface area is 166 Å². The maximum atomic E-state index is 13.1. The molecule has 0 radical (unpaired) electrons. The van der Waals surface area contributed by atoms with Gasteiger partial charge < -0.3 is 18.6 Å². The number of carbonyl (C=O) groups is 1. The van der Waals surface area contributed by atoms with E-state index in [1.54, 1.807) is 59.1 Å². The van der Waals surface area contributed by atoms with E-state index in [-0.39, 0.29) is 5.56 Å². The van der Waals surface area contributed by atoms with Gasteiger partial charge >= 0.3 is 0 Å². The topological polar surface area (TPSA) is 110 Å². The summed E-state index contributed by atoms with van der Waals surface area (Å²) in [4.78, 5) is 31.1. The van der Waals surface area contributed by atoms with E-state index in [9.17, 15) is 9.59 Å². The third kappa shape index (κ3) is 4.05. The van der Waals surface area contributed by atoms with Gasteiger partial charge in [-0.25, -0.2) is 10.5 Å². The van der Waals surface area contributed by atoms with Crippen molar-refractivity contribution in [1.82, 2.24) is 15.0 Å². The molecule has 0 bridgehead atoms. The molecule has 3 aromatic rings. The summed E-state index contributed by atoms with van der Waals surface area (Å²) in [6, 6.07) is 8.45. The van der Waals surface area contributed by atoms with Crippen LogP contribution < -0.4 is 15.9 Å². The van der Waals surface area contributed by atoms with Gasteiger partial charge in [-0.3, -0.25) is 14.8 Å². The average Bonchev–Trinajstić information content (AvgIpc) is 3.31. The number of rotatable bonds is 5. The zero-order chi connectivity index (χ0) is 20.2. The molecule has 1 aliphatic heterocycles. The zero-order valence-electron chi connectivity index (χ0n) is 15.6. The van der Waals surface area contributed by atoms with Crippen molar-refractivity contribution in [2.75, 3.05) is 31.2 Å². The number of nitrogens with one attached hydrogen (secondary N) is 1. The van der Waals surface area contributed by atoms with Crippen molar-refractivity contribution >= 4 is 11.7 Å². The lowest BCUT2D eigenvalue weighted by molar-refractivity contribution is 0.0706. The number of furan rings is 1. The van der Waals surface area contributed by atoms with E-state index in [1.807, 2.05) is 4.90 Å². The van der Waals surface area contributed by atoms with Crippen LogP contribution >= 0.6 is 0 Å². The van der Waals surface area contributed by atoms with Crippen LogP contribution in [0.15, 0.2) is 58.3 Å². The second kappa shape index (κ2) is 8.29. The monoisotopic (exact) mass is 396 g/mol. The largest absolute Gasteiger partial charge is 0.472 e. The molecule has 2 N–H and O–H groups in total. The molecule has 1 aliphatic rings. The molecule has 9 nitrogen and oxygen atoms in total. The molecule has 2 aromatic heterocycles. The van der Waals surface area contributed by atoms with Crippen LogP contribution in [-0.4, -0.2) is 47.0 Å². The summed E-state index contributed by atoms with van der Waals surface area (Å²) in [6.07, 6.45) is 4.85. The van der Waals surface area contributed by atoms with Crippen LogP contribution in [0.3, 0.4) is 0 Å². The Balaban J connectivity index is 1.70. The minimum atomic E-state index is -0.588. The summed E-state index contributed by atoms with van der Waals surface area (Å²) in [5.74, 6) is -0.210. The molecular weight excluding hydrogens is 376 g/mol. The molecule has 3 heterocycles.